The van der Waals surface area contributed by atoms with Crippen LogP contribution in [0.25, 0.3) is 17.5 Å². The lowest BCUT2D eigenvalue weighted by Gasteiger charge is -2.06. The van der Waals surface area contributed by atoms with Crippen molar-refractivity contribution in [3.63, 3.8) is 0 Å². The van der Waals surface area contributed by atoms with Crippen LogP contribution in [0.3, 0.4) is 0 Å². The number of nitrogens with zero attached hydrogens (tertiary/aromatic N) is 2. The molecule has 0 aliphatic rings. The first-order valence-corrected chi connectivity index (χ1v) is 7.84. The second-order valence-corrected chi connectivity index (χ2v) is 5.12. The zero-order valence-corrected chi connectivity index (χ0v) is 13.7. The predicted molar refractivity (Wildman–Crippen MR) is 95.0 cm³/mol. The molecule has 25 heavy (non-hydrogen) atoms. The van der Waals surface area contributed by atoms with Crippen molar-refractivity contribution in [2.45, 2.75) is 6.92 Å². The van der Waals surface area contributed by atoms with Crippen LogP contribution in [0, 0.1) is 0 Å². The molecule has 3 rings (SSSR count). The SMILES string of the molecule is CCOc1ccccc1/C=C/C(=O)Nc1cccc(-c2nnco2)c1. The second-order valence-electron chi connectivity index (χ2n) is 5.12. The Balaban J connectivity index is 1.70. The first-order valence-electron chi connectivity index (χ1n) is 7.84. The van der Waals surface area contributed by atoms with E-state index in [2.05, 4.69) is 15.5 Å². The number of carbonyl (C=O) groups is 1. The highest BCUT2D eigenvalue weighted by molar-refractivity contribution is 6.02. The fraction of sp³-hybridized carbons (Fsp3) is 0.105. The lowest BCUT2D eigenvalue weighted by molar-refractivity contribution is -0.111. The van der Waals surface area contributed by atoms with Gasteiger partial charge in [-0.3, -0.25) is 4.79 Å². The molecular weight excluding hydrogens is 318 g/mol. The Kier molecular flexibility index (Phi) is 5.21. The van der Waals surface area contributed by atoms with E-state index in [0.29, 0.717) is 18.2 Å². The van der Waals surface area contributed by atoms with Crippen LogP contribution in [0.4, 0.5) is 5.69 Å². The van der Waals surface area contributed by atoms with Gasteiger partial charge in [-0.15, -0.1) is 10.2 Å². The van der Waals surface area contributed by atoms with Gasteiger partial charge in [0.1, 0.15) is 5.75 Å². The molecule has 1 heterocycles. The Morgan fingerprint density at radius 3 is 2.92 bits per heavy atom. The largest absolute Gasteiger partial charge is 0.493 e. The van der Waals surface area contributed by atoms with Gasteiger partial charge in [0.15, 0.2) is 0 Å². The standard InChI is InChI=1S/C19H17N3O3/c1-2-24-17-9-4-3-6-14(17)10-11-18(23)21-16-8-5-7-15(12-16)19-22-20-13-25-19/h3-13H,2H2,1H3,(H,21,23)/b11-10+. The number of anilines is 1. The van der Waals surface area contributed by atoms with E-state index in [1.165, 1.54) is 12.5 Å². The van der Waals surface area contributed by atoms with Gasteiger partial charge in [-0.2, -0.15) is 0 Å². The Hall–Kier alpha value is -3.41. The van der Waals surface area contributed by atoms with E-state index in [1.807, 2.05) is 43.3 Å². The minimum Gasteiger partial charge on any atom is -0.493 e. The predicted octanol–water partition coefficient (Wildman–Crippen LogP) is 3.79. The number of nitrogens with one attached hydrogen (secondary N) is 1. The molecule has 1 aromatic heterocycles. The summed E-state index contributed by atoms with van der Waals surface area (Å²) in [5, 5.41) is 10.3. The fourth-order valence-electron chi connectivity index (χ4n) is 2.28. The van der Waals surface area contributed by atoms with Crippen molar-refractivity contribution in [1.29, 1.82) is 0 Å². The molecule has 6 nitrogen and oxygen atoms in total. The lowest BCUT2D eigenvalue weighted by atomic mass is 10.2. The Morgan fingerprint density at radius 2 is 2.12 bits per heavy atom. The third-order valence-corrected chi connectivity index (χ3v) is 3.37. The van der Waals surface area contributed by atoms with Crippen molar-refractivity contribution in [2.75, 3.05) is 11.9 Å². The van der Waals surface area contributed by atoms with Crippen LogP contribution in [-0.2, 0) is 4.79 Å². The zero-order chi connectivity index (χ0) is 17.5. The van der Waals surface area contributed by atoms with Crippen molar-refractivity contribution in [3.8, 4) is 17.2 Å². The van der Waals surface area contributed by atoms with Gasteiger partial charge in [0, 0.05) is 22.9 Å². The summed E-state index contributed by atoms with van der Waals surface area (Å²) in [4.78, 5) is 12.2. The Morgan fingerprint density at radius 1 is 1.24 bits per heavy atom. The number of hydrogen-bond donors (Lipinski definition) is 1. The molecule has 0 saturated heterocycles. The van der Waals surface area contributed by atoms with Gasteiger partial charge in [-0.05, 0) is 37.3 Å². The van der Waals surface area contributed by atoms with Crippen LogP contribution < -0.4 is 10.1 Å². The number of para-hydroxylation sites is 1. The van der Waals surface area contributed by atoms with Crippen molar-refractivity contribution in [1.82, 2.24) is 10.2 Å². The summed E-state index contributed by atoms with van der Waals surface area (Å²) in [6.45, 7) is 2.49. The van der Waals surface area contributed by atoms with E-state index in [0.717, 1.165) is 16.9 Å². The molecule has 3 aromatic rings. The van der Waals surface area contributed by atoms with E-state index in [1.54, 1.807) is 18.2 Å². The number of rotatable bonds is 6. The van der Waals surface area contributed by atoms with Crippen molar-refractivity contribution in [2.24, 2.45) is 0 Å². The molecule has 1 amide bonds. The molecule has 0 radical (unpaired) electrons. The lowest BCUT2D eigenvalue weighted by Crippen LogP contribution is -2.07. The second kappa shape index (κ2) is 7.92. The van der Waals surface area contributed by atoms with Gasteiger partial charge in [-0.1, -0.05) is 24.3 Å². The normalized spacial score (nSPS) is 10.8. The average molecular weight is 335 g/mol. The summed E-state index contributed by atoms with van der Waals surface area (Å²) >= 11 is 0. The van der Waals surface area contributed by atoms with Crippen LogP contribution >= 0.6 is 0 Å². The summed E-state index contributed by atoms with van der Waals surface area (Å²) in [5.74, 6) is 0.902. The summed E-state index contributed by atoms with van der Waals surface area (Å²) < 4.78 is 10.7. The molecule has 0 saturated carbocycles. The molecule has 0 aliphatic heterocycles. The quantitative estimate of drug-likeness (QED) is 0.694. The Bertz CT molecular complexity index is 873. The third-order valence-electron chi connectivity index (χ3n) is 3.37. The van der Waals surface area contributed by atoms with E-state index < -0.39 is 0 Å². The van der Waals surface area contributed by atoms with E-state index in [-0.39, 0.29) is 5.91 Å². The summed E-state index contributed by atoms with van der Waals surface area (Å²) in [5.41, 5.74) is 2.23. The van der Waals surface area contributed by atoms with Crippen molar-refractivity contribution in [3.05, 3.63) is 66.6 Å². The van der Waals surface area contributed by atoms with Gasteiger partial charge >= 0.3 is 0 Å². The third kappa shape index (κ3) is 4.32. The van der Waals surface area contributed by atoms with Crippen molar-refractivity contribution >= 4 is 17.7 Å². The highest BCUT2D eigenvalue weighted by atomic mass is 16.5. The highest BCUT2D eigenvalue weighted by Crippen LogP contribution is 2.21. The first kappa shape index (κ1) is 16.4. The number of benzene rings is 2. The molecule has 0 atom stereocenters. The van der Waals surface area contributed by atoms with Gasteiger partial charge in [0.2, 0.25) is 18.2 Å². The van der Waals surface area contributed by atoms with Gasteiger partial charge in [-0.25, -0.2) is 0 Å². The first-order chi connectivity index (χ1) is 12.3. The van der Waals surface area contributed by atoms with Crippen LogP contribution in [0.1, 0.15) is 12.5 Å². The smallest absolute Gasteiger partial charge is 0.248 e. The monoisotopic (exact) mass is 335 g/mol. The number of ether oxygens (including phenoxy) is 1. The van der Waals surface area contributed by atoms with Crippen LogP contribution in [0.2, 0.25) is 0 Å². The molecule has 126 valence electrons. The molecule has 0 aliphatic carbocycles. The molecule has 1 N–H and O–H groups in total. The molecule has 0 unspecified atom stereocenters. The number of hydrogen-bond acceptors (Lipinski definition) is 5. The summed E-state index contributed by atoms with van der Waals surface area (Å²) in [7, 11) is 0. The Labute approximate surface area is 145 Å². The van der Waals surface area contributed by atoms with Crippen LogP contribution in [0.15, 0.2) is 65.4 Å². The van der Waals surface area contributed by atoms with Gasteiger partial charge in [0.25, 0.3) is 0 Å². The van der Waals surface area contributed by atoms with Crippen LogP contribution in [0.5, 0.6) is 5.75 Å². The maximum atomic E-state index is 12.2. The zero-order valence-electron chi connectivity index (χ0n) is 13.7. The topological polar surface area (TPSA) is 77.2 Å². The van der Waals surface area contributed by atoms with Gasteiger partial charge < -0.3 is 14.5 Å². The fourth-order valence-corrected chi connectivity index (χ4v) is 2.28. The highest BCUT2D eigenvalue weighted by Gasteiger charge is 2.06. The summed E-state index contributed by atoms with van der Waals surface area (Å²) in [6.07, 6.45) is 4.46. The number of aromatic nitrogens is 2. The molecule has 6 heteroatoms. The number of carbonyl (C=O) groups excluding carboxylic acids is 1. The number of amides is 1. The van der Waals surface area contributed by atoms with E-state index >= 15 is 0 Å². The van der Waals surface area contributed by atoms with Crippen LogP contribution in [-0.4, -0.2) is 22.7 Å². The van der Waals surface area contributed by atoms with Crippen molar-refractivity contribution < 1.29 is 13.9 Å². The molecule has 0 spiro atoms. The molecular formula is C19H17N3O3. The molecule has 0 fully saturated rings. The van der Waals surface area contributed by atoms with E-state index in [4.69, 9.17) is 9.15 Å². The average Bonchev–Trinajstić information content (AvgIpc) is 3.16. The molecule has 0 bridgehead atoms. The van der Waals surface area contributed by atoms with E-state index in [9.17, 15) is 4.79 Å². The maximum Gasteiger partial charge on any atom is 0.248 e. The van der Waals surface area contributed by atoms with Gasteiger partial charge in [0.05, 0.1) is 6.61 Å². The summed E-state index contributed by atoms with van der Waals surface area (Å²) in [6, 6.07) is 14.8. The minimum absolute atomic E-state index is 0.242. The molecule has 2 aromatic carbocycles. The minimum atomic E-state index is -0.242. The maximum absolute atomic E-state index is 12.2.